The minimum absolute atomic E-state index is 0.0624. The number of rotatable bonds is 10. The molecule has 1 atom stereocenters. The van der Waals surface area contributed by atoms with Crippen LogP contribution in [-0.2, 0) is 6.54 Å². The number of alkyl halides is 3. The lowest BCUT2D eigenvalue weighted by Crippen LogP contribution is -2.29. The van der Waals surface area contributed by atoms with Crippen LogP contribution in [0.4, 0.5) is 19.0 Å². The molecule has 3 rings (SSSR count). The van der Waals surface area contributed by atoms with Gasteiger partial charge in [0.15, 0.2) is 11.5 Å². The van der Waals surface area contributed by atoms with Gasteiger partial charge in [-0.2, -0.15) is 0 Å². The number of anilines is 1. The van der Waals surface area contributed by atoms with Crippen LogP contribution >= 0.6 is 11.6 Å². The maximum atomic E-state index is 13.0. The largest absolute Gasteiger partial charge is 0.573 e. The number of aliphatic hydroxyl groups is 2. The van der Waals surface area contributed by atoms with E-state index >= 15 is 0 Å². The molecule has 2 aromatic rings. The molecule has 1 aromatic heterocycles. The average Bonchev–Trinajstić information content (AvgIpc) is 3.17. The molecule has 1 aromatic carbocycles. The van der Waals surface area contributed by atoms with Crippen molar-refractivity contribution >= 4 is 23.3 Å². The average molecular weight is 515 g/mol. The van der Waals surface area contributed by atoms with Crippen LogP contribution < -0.4 is 15.4 Å². The number of benzene rings is 1. The number of nitrogens with one attached hydrogen (secondary N) is 2. The molecule has 0 bridgehead atoms. The molecule has 0 fully saturated rings. The lowest BCUT2D eigenvalue weighted by Gasteiger charge is -2.19. The molecule has 0 saturated heterocycles. The summed E-state index contributed by atoms with van der Waals surface area (Å²) in [5, 5.41) is 26.4. The molecule has 4 N–H and O–H groups in total. The lowest BCUT2D eigenvalue weighted by molar-refractivity contribution is -0.274. The van der Waals surface area contributed by atoms with Gasteiger partial charge in [-0.15, -0.1) is 13.2 Å². The lowest BCUT2D eigenvalue weighted by atomic mass is 10.0. The van der Waals surface area contributed by atoms with Crippen molar-refractivity contribution in [2.24, 2.45) is 0 Å². The number of carbonyl (C=O) groups is 1. The Morgan fingerprint density at radius 2 is 2.09 bits per heavy atom. The van der Waals surface area contributed by atoms with Crippen molar-refractivity contribution in [2.45, 2.75) is 38.3 Å². The minimum Gasteiger partial charge on any atom is -0.406 e. The zero-order valence-corrected chi connectivity index (χ0v) is 19.7. The topological polar surface area (TPSA) is 109 Å². The van der Waals surface area contributed by atoms with Crippen molar-refractivity contribution in [3.63, 3.8) is 0 Å². The van der Waals surface area contributed by atoms with E-state index in [2.05, 4.69) is 20.4 Å². The quantitative estimate of drug-likeness (QED) is 0.359. The Labute approximate surface area is 205 Å². The SMILES string of the molecule is CNc1nc(C(O)c2cccc(OC(F)(F)F)c2)n(CC2=CC=C(Cl)CC2)c1C(=O)NCCCO. The Balaban J connectivity index is 2.04. The maximum Gasteiger partial charge on any atom is 0.573 e. The second-order valence-electron chi connectivity index (χ2n) is 7.80. The molecule has 1 aliphatic carbocycles. The molecule has 0 spiro atoms. The molecule has 0 radical (unpaired) electrons. The van der Waals surface area contributed by atoms with Crippen molar-refractivity contribution in [1.82, 2.24) is 14.9 Å². The number of halogens is 4. The van der Waals surface area contributed by atoms with Crippen LogP contribution in [0.3, 0.4) is 0 Å². The van der Waals surface area contributed by atoms with Crippen LogP contribution in [0.15, 0.2) is 47.0 Å². The van der Waals surface area contributed by atoms with Crippen molar-refractivity contribution in [3.8, 4) is 5.75 Å². The van der Waals surface area contributed by atoms with Crippen molar-refractivity contribution in [2.75, 3.05) is 25.5 Å². The second kappa shape index (κ2) is 11.6. The number of ether oxygens (including phenoxy) is 1. The van der Waals surface area contributed by atoms with Gasteiger partial charge in [-0.05, 0) is 43.0 Å². The first-order valence-corrected chi connectivity index (χ1v) is 11.3. The van der Waals surface area contributed by atoms with Gasteiger partial charge in [-0.3, -0.25) is 4.79 Å². The first-order valence-electron chi connectivity index (χ1n) is 10.9. The summed E-state index contributed by atoms with van der Waals surface area (Å²) in [4.78, 5) is 17.4. The van der Waals surface area contributed by atoms with Gasteiger partial charge in [-0.25, -0.2) is 4.98 Å². The monoisotopic (exact) mass is 514 g/mol. The molecular weight excluding hydrogens is 489 g/mol. The van der Waals surface area contributed by atoms with Crippen LogP contribution in [0.2, 0.25) is 0 Å². The van der Waals surface area contributed by atoms with Crippen molar-refractivity contribution in [3.05, 3.63) is 64.1 Å². The predicted octanol–water partition coefficient (Wildman–Crippen LogP) is 3.86. The van der Waals surface area contributed by atoms with Gasteiger partial charge < -0.3 is 30.2 Å². The third kappa shape index (κ3) is 7.00. The number of hydrogen-bond acceptors (Lipinski definition) is 6. The van der Waals surface area contributed by atoms with Crippen LogP contribution in [-0.4, -0.2) is 52.2 Å². The second-order valence-corrected chi connectivity index (χ2v) is 8.28. The molecule has 0 aliphatic heterocycles. The van der Waals surface area contributed by atoms with Crippen LogP contribution in [0.25, 0.3) is 0 Å². The highest BCUT2D eigenvalue weighted by Crippen LogP contribution is 2.32. The highest BCUT2D eigenvalue weighted by atomic mass is 35.5. The number of nitrogens with zero attached hydrogens (tertiary/aromatic N) is 2. The smallest absolute Gasteiger partial charge is 0.406 e. The number of allylic oxidation sites excluding steroid dienone is 4. The molecule has 1 unspecified atom stereocenters. The minimum atomic E-state index is -4.89. The highest BCUT2D eigenvalue weighted by Gasteiger charge is 2.32. The van der Waals surface area contributed by atoms with E-state index in [1.165, 1.54) is 16.7 Å². The van der Waals surface area contributed by atoms with Gasteiger partial charge in [0.1, 0.15) is 17.7 Å². The van der Waals surface area contributed by atoms with Gasteiger partial charge >= 0.3 is 6.36 Å². The number of imidazole rings is 1. The maximum absolute atomic E-state index is 13.0. The van der Waals surface area contributed by atoms with E-state index in [1.807, 2.05) is 6.08 Å². The Morgan fingerprint density at radius 3 is 2.71 bits per heavy atom. The van der Waals surface area contributed by atoms with E-state index in [0.29, 0.717) is 24.3 Å². The summed E-state index contributed by atoms with van der Waals surface area (Å²) in [6.07, 6.45) is -1.17. The molecule has 1 heterocycles. The molecule has 0 saturated carbocycles. The molecule has 12 heteroatoms. The fourth-order valence-corrected chi connectivity index (χ4v) is 3.79. The number of amides is 1. The highest BCUT2D eigenvalue weighted by molar-refractivity contribution is 6.29. The molecule has 35 heavy (non-hydrogen) atoms. The summed E-state index contributed by atoms with van der Waals surface area (Å²) in [6.45, 7) is 0.321. The fraction of sp³-hybridized carbons (Fsp3) is 0.391. The molecule has 1 amide bonds. The van der Waals surface area contributed by atoms with Gasteiger partial charge in [0, 0.05) is 31.8 Å². The summed E-state index contributed by atoms with van der Waals surface area (Å²) in [6, 6.07) is 4.96. The van der Waals surface area contributed by atoms with Crippen molar-refractivity contribution < 1.29 is 32.9 Å². The summed E-state index contributed by atoms with van der Waals surface area (Å²) in [7, 11) is 1.56. The van der Waals surface area contributed by atoms with E-state index in [1.54, 1.807) is 13.1 Å². The molecule has 1 aliphatic rings. The number of hydrogen-bond donors (Lipinski definition) is 4. The van der Waals surface area contributed by atoms with Crippen LogP contribution in [0.5, 0.6) is 5.75 Å². The van der Waals surface area contributed by atoms with Crippen LogP contribution in [0.1, 0.15) is 47.2 Å². The first kappa shape index (κ1) is 26.6. The van der Waals surface area contributed by atoms with E-state index in [4.69, 9.17) is 16.7 Å². The molecule has 190 valence electrons. The van der Waals surface area contributed by atoms with E-state index < -0.39 is 24.1 Å². The standard InChI is InChI=1S/C23H26ClF3N4O4/c1-28-20-18(22(34)29-10-3-11-32)31(13-14-6-8-16(24)9-7-14)21(30-20)19(33)15-4-2-5-17(12-15)35-23(25,26)27/h2,4-6,8,12,19,28,32-33H,3,7,9-11,13H2,1H3,(H,29,34). The third-order valence-corrected chi connectivity index (χ3v) is 5.58. The normalized spacial score (nSPS) is 14.7. The van der Waals surface area contributed by atoms with Gasteiger partial charge in [0.2, 0.25) is 0 Å². The zero-order valence-electron chi connectivity index (χ0n) is 18.9. The molecular formula is C23H26ClF3N4O4. The van der Waals surface area contributed by atoms with Crippen LogP contribution in [0, 0.1) is 0 Å². The first-order chi connectivity index (χ1) is 16.6. The summed E-state index contributed by atoms with van der Waals surface area (Å²) in [5.41, 5.74) is 1.17. The summed E-state index contributed by atoms with van der Waals surface area (Å²) >= 11 is 6.06. The van der Waals surface area contributed by atoms with E-state index in [-0.39, 0.29) is 42.6 Å². The third-order valence-electron chi connectivity index (χ3n) is 5.27. The van der Waals surface area contributed by atoms with E-state index in [0.717, 1.165) is 17.7 Å². The Hall–Kier alpha value is -3.02. The fourth-order valence-electron chi connectivity index (χ4n) is 3.63. The van der Waals surface area contributed by atoms with Gasteiger partial charge in [0.25, 0.3) is 5.91 Å². The Bertz CT molecular complexity index is 1110. The number of carbonyl (C=O) groups excluding carboxylic acids is 1. The van der Waals surface area contributed by atoms with Gasteiger partial charge in [0.05, 0.1) is 0 Å². The number of aromatic nitrogens is 2. The predicted molar refractivity (Wildman–Crippen MR) is 124 cm³/mol. The zero-order chi connectivity index (χ0) is 25.6. The van der Waals surface area contributed by atoms with Crippen molar-refractivity contribution in [1.29, 1.82) is 0 Å². The Kier molecular flexibility index (Phi) is 8.82. The number of aliphatic hydroxyl groups excluding tert-OH is 2. The van der Waals surface area contributed by atoms with Gasteiger partial charge in [-0.1, -0.05) is 35.4 Å². The Morgan fingerprint density at radius 1 is 1.31 bits per heavy atom. The van der Waals surface area contributed by atoms with E-state index in [9.17, 15) is 23.1 Å². The molecule has 8 nitrogen and oxygen atoms in total. The summed E-state index contributed by atoms with van der Waals surface area (Å²) in [5.74, 6) is -0.716. The summed E-state index contributed by atoms with van der Waals surface area (Å²) < 4.78 is 43.5.